The number of benzene rings is 1. The van der Waals surface area contributed by atoms with Gasteiger partial charge in [-0.1, -0.05) is 0 Å². The van der Waals surface area contributed by atoms with Gasteiger partial charge in [0.1, 0.15) is 16.7 Å². The number of hydrogen-bond donors (Lipinski definition) is 1. The molecule has 0 atom stereocenters. The number of alkyl halides is 2. The van der Waals surface area contributed by atoms with Crippen LogP contribution in [0.3, 0.4) is 0 Å². The molecule has 17 heavy (non-hydrogen) atoms. The summed E-state index contributed by atoms with van der Waals surface area (Å²) in [5.41, 5.74) is -0.104. The summed E-state index contributed by atoms with van der Waals surface area (Å²) in [5, 5.41) is 8.65. The maximum absolute atomic E-state index is 12.1. The van der Waals surface area contributed by atoms with Crippen molar-refractivity contribution in [1.29, 1.82) is 5.26 Å². The highest BCUT2D eigenvalue weighted by Gasteiger charge is 2.21. The van der Waals surface area contributed by atoms with Crippen molar-refractivity contribution in [2.45, 2.75) is 16.4 Å². The SMILES string of the molecule is N#Cc1cc(OC(F)F)c(S(=O)(=O)Cl)cc1S. The third kappa shape index (κ3) is 3.46. The second-order valence-electron chi connectivity index (χ2n) is 2.74. The van der Waals surface area contributed by atoms with Gasteiger partial charge in [-0.25, -0.2) is 8.42 Å². The van der Waals surface area contributed by atoms with Crippen LogP contribution in [0.15, 0.2) is 21.9 Å². The van der Waals surface area contributed by atoms with Gasteiger partial charge >= 0.3 is 6.61 Å². The Morgan fingerprint density at radius 1 is 1.47 bits per heavy atom. The lowest BCUT2D eigenvalue weighted by atomic mass is 10.2. The molecule has 0 heterocycles. The van der Waals surface area contributed by atoms with Gasteiger partial charge in [0.05, 0.1) is 5.56 Å². The van der Waals surface area contributed by atoms with Crippen LogP contribution < -0.4 is 4.74 Å². The van der Waals surface area contributed by atoms with Crippen LogP contribution in [-0.4, -0.2) is 15.0 Å². The zero-order chi connectivity index (χ0) is 13.2. The van der Waals surface area contributed by atoms with E-state index in [1.54, 1.807) is 6.07 Å². The van der Waals surface area contributed by atoms with Crippen molar-refractivity contribution in [3.8, 4) is 11.8 Å². The van der Waals surface area contributed by atoms with E-state index in [-0.39, 0.29) is 10.5 Å². The molecule has 0 unspecified atom stereocenters. The van der Waals surface area contributed by atoms with E-state index in [0.29, 0.717) is 0 Å². The fraction of sp³-hybridized carbons (Fsp3) is 0.125. The van der Waals surface area contributed by atoms with Gasteiger partial charge in [-0.05, 0) is 6.07 Å². The highest BCUT2D eigenvalue weighted by atomic mass is 35.7. The first-order valence-corrected chi connectivity index (χ1v) is 6.68. The minimum Gasteiger partial charge on any atom is -0.433 e. The van der Waals surface area contributed by atoms with Crippen molar-refractivity contribution >= 4 is 32.4 Å². The van der Waals surface area contributed by atoms with Gasteiger partial charge in [0.25, 0.3) is 9.05 Å². The molecule has 1 aromatic rings. The minimum absolute atomic E-state index is 0.00617. The van der Waals surface area contributed by atoms with Crippen molar-refractivity contribution < 1.29 is 21.9 Å². The van der Waals surface area contributed by atoms with Crippen molar-refractivity contribution in [2.24, 2.45) is 0 Å². The molecule has 4 nitrogen and oxygen atoms in total. The Hall–Kier alpha value is -1.04. The van der Waals surface area contributed by atoms with Crippen LogP contribution in [0.2, 0.25) is 0 Å². The third-order valence-corrected chi connectivity index (χ3v) is 3.37. The molecule has 0 N–H and O–H groups in total. The van der Waals surface area contributed by atoms with E-state index in [0.717, 1.165) is 12.1 Å². The molecule has 0 aromatic heterocycles. The molecule has 0 aliphatic heterocycles. The van der Waals surface area contributed by atoms with E-state index >= 15 is 0 Å². The zero-order valence-corrected chi connectivity index (χ0v) is 10.4. The lowest BCUT2D eigenvalue weighted by molar-refractivity contribution is -0.0517. The topological polar surface area (TPSA) is 67.2 Å². The summed E-state index contributed by atoms with van der Waals surface area (Å²) in [7, 11) is 0.774. The van der Waals surface area contributed by atoms with Crippen molar-refractivity contribution in [3.05, 3.63) is 17.7 Å². The van der Waals surface area contributed by atoms with Crippen molar-refractivity contribution in [3.63, 3.8) is 0 Å². The largest absolute Gasteiger partial charge is 0.433 e. The predicted octanol–water partition coefficient (Wildman–Crippen LogP) is 2.38. The third-order valence-electron chi connectivity index (χ3n) is 1.66. The molecule has 0 spiro atoms. The highest BCUT2D eigenvalue weighted by molar-refractivity contribution is 8.13. The van der Waals surface area contributed by atoms with Gasteiger partial charge < -0.3 is 4.74 Å². The van der Waals surface area contributed by atoms with Gasteiger partial charge in [-0.3, -0.25) is 0 Å². The van der Waals surface area contributed by atoms with E-state index in [1.807, 2.05) is 0 Å². The van der Waals surface area contributed by atoms with E-state index < -0.39 is 26.3 Å². The molecule has 1 rings (SSSR count). The number of hydrogen-bond acceptors (Lipinski definition) is 5. The smallest absolute Gasteiger partial charge is 0.387 e. The number of halogens is 3. The molecule has 1 aromatic carbocycles. The number of rotatable bonds is 3. The monoisotopic (exact) mass is 299 g/mol. The van der Waals surface area contributed by atoms with Crippen LogP contribution in [0.25, 0.3) is 0 Å². The van der Waals surface area contributed by atoms with Crippen LogP contribution in [0.4, 0.5) is 8.78 Å². The molecule has 92 valence electrons. The van der Waals surface area contributed by atoms with Gasteiger partial charge in [-0.15, -0.1) is 12.6 Å². The summed E-state index contributed by atoms with van der Waals surface area (Å²) in [6, 6.07) is 3.36. The molecule has 0 aliphatic carbocycles. The number of thiol groups is 1. The molecule has 0 amide bonds. The second kappa shape index (κ2) is 5.08. The zero-order valence-electron chi connectivity index (χ0n) is 7.89. The molecule has 9 heteroatoms. The average molecular weight is 300 g/mol. The minimum atomic E-state index is -4.27. The Bertz CT molecular complexity index is 583. The first-order chi connectivity index (χ1) is 7.75. The van der Waals surface area contributed by atoms with E-state index in [2.05, 4.69) is 17.4 Å². The molecular formula is C8H4ClF2NO3S2. The normalized spacial score (nSPS) is 11.3. The summed E-state index contributed by atoms with van der Waals surface area (Å²) in [5.74, 6) is -0.690. The van der Waals surface area contributed by atoms with Crippen LogP contribution >= 0.6 is 23.3 Å². The van der Waals surface area contributed by atoms with Crippen molar-refractivity contribution in [2.75, 3.05) is 0 Å². The maximum Gasteiger partial charge on any atom is 0.387 e. The van der Waals surface area contributed by atoms with E-state index in [4.69, 9.17) is 15.9 Å². The molecule has 0 saturated carbocycles. The van der Waals surface area contributed by atoms with E-state index in [1.165, 1.54) is 0 Å². The standard InChI is InChI=1S/C8H4ClF2NO3S2/c9-17(13,14)7-2-6(16)4(3-12)1-5(7)15-8(10)11/h1-2,8,16H. The van der Waals surface area contributed by atoms with Crippen LogP contribution in [-0.2, 0) is 9.05 Å². The summed E-state index contributed by atoms with van der Waals surface area (Å²) < 4.78 is 50.3. The Labute approximate surface area is 106 Å². The van der Waals surface area contributed by atoms with Crippen LogP contribution in [0.1, 0.15) is 5.56 Å². The first-order valence-electron chi connectivity index (χ1n) is 3.92. The Morgan fingerprint density at radius 3 is 2.47 bits per heavy atom. The molecule has 0 bridgehead atoms. The van der Waals surface area contributed by atoms with E-state index in [9.17, 15) is 17.2 Å². The fourth-order valence-corrected chi connectivity index (χ4v) is 2.32. The number of nitrogens with zero attached hydrogens (tertiary/aromatic N) is 1. The van der Waals surface area contributed by atoms with Crippen LogP contribution in [0, 0.1) is 11.3 Å². The molecule has 0 radical (unpaired) electrons. The average Bonchev–Trinajstić information content (AvgIpc) is 2.17. The Balaban J connectivity index is 3.48. The predicted molar refractivity (Wildman–Crippen MR) is 58.1 cm³/mol. The molecule has 0 fully saturated rings. The fourth-order valence-electron chi connectivity index (χ4n) is 1.02. The Morgan fingerprint density at radius 2 is 2.06 bits per heavy atom. The van der Waals surface area contributed by atoms with Gasteiger partial charge in [0.2, 0.25) is 0 Å². The van der Waals surface area contributed by atoms with Crippen LogP contribution in [0.5, 0.6) is 5.75 Å². The number of ether oxygens (including phenoxy) is 1. The maximum atomic E-state index is 12.1. The summed E-state index contributed by atoms with van der Waals surface area (Å²) in [6.07, 6.45) is 0. The molecular weight excluding hydrogens is 296 g/mol. The quantitative estimate of drug-likeness (QED) is 0.687. The molecule has 0 aliphatic rings. The van der Waals surface area contributed by atoms with Gasteiger partial charge in [0, 0.05) is 21.6 Å². The second-order valence-corrected chi connectivity index (χ2v) is 5.76. The number of nitriles is 1. The van der Waals surface area contributed by atoms with Crippen molar-refractivity contribution in [1.82, 2.24) is 0 Å². The highest BCUT2D eigenvalue weighted by Crippen LogP contribution is 2.32. The summed E-state index contributed by atoms with van der Waals surface area (Å²) in [6.45, 7) is -3.23. The lowest BCUT2D eigenvalue weighted by Gasteiger charge is -2.09. The lowest BCUT2D eigenvalue weighted by Crippen LogP contribution is -2.06. The van der Waals surface area contributed by atoms with Gasteiger partial charge in [0.15, 0.2) is 0 Å². The Kier molecular flexibility index (Phi) is 4.19. The molecule has 0 saturated heterocycles. The summed E-state index contributed by atoms with van der Waals surface area (Å²) in [4.78, 5) is -0.670. The van der Waals surface area contributed by atoms with Gasteiger partial charge in [-0.2, -0.15) is 14.0 Å². The summed E-state index contributed by atoms with van der Waals surface area (Å²) >= 11 is 3.83. The first kappa shape index (κ1) is 14.0.